The topological polar surface area (TPSA) is 68.3 Å². The summed E-state index contributed by atoms with van der Waals surface area (Å²) in [7, 11) is 0. The fourth-order valence-electron chi connectivity index (χ4n) is 3.82. The van der Waals surface area contributed by atoms with E-state index < -0.39 is 0 Å². The van der Waals surface area contributed by atoms with Gasteiger partial charge in [0, 0.05) is 31.4 Å². The largest absolute Gasteiger partial charge is 0.339 e. The third kappa shape index (κ3) is 2.94. The Balaban J connectivity index is 1.28. The molecule has 1 aromatic carbocycles. The summed E-state index contributed by atoms with van der Waals surface area (Å²) < 4.78 is 3.79. The molecule has 0 bridgehead atoms. The SMILES string of the molecule is O=C(c1cnn(-c2ccccc2)c1)N1CCC(c2nnc3ccccn23)CC1. The lowest BCUT2D eigenvalue weighted by atomic mass is 9.95. The van der Waals surface area contributed by atoms with Gasteiger partial charge in [-0.05, 0) is 37.1 Å². The lowest BCUT2D eigenvalue weighted by Crippen LogP contribution is -2.38. The van der Waals surface area contributed by atoms with E-state index in [4.69, 9.17) is 0 Å². The van der Waals surface area contributed by atoms with Crippen LogP contribution in [0.2, 0.25) is 0 Å². The van der Waals surface area contributed by atoms with Gasteiger partial charge in [-0.2, -0.15) is 5.10 Å². The maximum Gasteiger partial charge on any atom is 0.257 e. The highest BCUT2D eigenvalue weighted by atomic mass is 16.2. The summed E-state index contributed by atoms with van der Waals surface area (Å²) in [6, 6.07) is 15.7. The number of carbonyl (C=O) groups excluding carboxylic acids is 1. The molecular formula is C21H20N6O. The normalized spacial score (nSPS) is 15.2. The number of piperidine rings is 1. The first-order valence-corrected chi connectivity index (χ1v) is 9.48. The fraction of sp³-hybridized carbons (Fsp3) is 0.238. The van der Waals surface area contributed by atoms with Crippen LogP contribution in [0.4, 0.5) is 0 Å². The third-order valence-corrected chi connectivity index (χ3v) is 5.34. The van der Waals surface area contributed by atoms with E-state index in [2.05, 4.69) is 15.3 Å². The van der Waals surface area contributed by atoms with E-state index in [0.717, 1.165) is 30.0 Å². The molecule has 1 fully saturated rings. The monoisotopic (exact) mass is 372 g/mol. The van der Waals surface area contributed by atoms with Crippen LogP contribution in [0.15, 0.2) is 67.1 Å². The number of para-hydroxylation sites is 1. The van der Waals surface area contributed by atoms with E-state index >= 15 is 0 Å². The van der Waals surface area contributed by atoms with Crippen molar-refractivity contribution in [2.45, 2.75) is 18.8 Å². The smallest absolute Gasteiger partial charge is 0.257 e. The van der Waals surface area contributed by atoms with Crippen LogP contribution in [0.5, 0.6) is 0 Å². The number of nitrogens with zero attached hydrogens (tertiary/aromatic N) is 6. The first-order valence-electron chi connectivity index (χ1n) is 9.48. The Morgan fingerprint density at radius 3 is 2.57 bits per heavy atom. The van der Waals surface area contributed by atoms with Crippen molar-refractivity contribution in [3.63, 3.8) is 0 Å². The summed E-state index contributed by atoms with van der Waals surface area (Å²) in [6.07, 6.45) is 7.21. The van der Waals surface area contributed by atoms with Gasteiger partial charge in [0.2, 0.25) is 0 Å². The van der Waals surface area contributed by atoms with Crippen LogP contribution in [-0.2, 0) is 0 Å². The van der Waals surface area contributed by atoms with Crippen LogP contribution >= 0.6 is 0 Å². The minimum atomic E-state index is 0.0340. The molecule has 1 aliphatic rings. The van der Waals surface area contributed by atoms with Crippen molar-refractivity contribution >= 4 is 11.6 Å². The number of aromatic nitrogens is 5. The quantitative estimate of drug-likeness (QED) is 0.554. The van der Waals surface area contributed by atoms with E-state index in [0.29, 0.717) is 24.6 Å². The summed E-state index contributed by atoms with van der Waals surface area (Å²) in [4.78, 5) is 14.8. The van der Waals surface area contributed by atoms with E-state index in [1.54, 1.807) is 17.1 Å². The molecule has 0 radical (unpaired) electrons. The van der Waals surface area contributed by atoms with Crippen molar-refractivity contribution in [3.05, 3.63) is 78.5 Å². The van der Waals surface area contributed by atoms with Gasteiger partial charge in [-0.1, -0.05) is 24.3 Å². The van der Waals surface area contributed by atoms with Crippen molar-refractivity contribution in [1.29, 1.82) is 0 Å². The molecule has 0 N–H and O–H groups in total. The van der Waals surface area contributed by atoms with E-state index in [1.807, 2.05) is 64.0 Å². The van der Waals surface area contributed by atoms with Gasteiger partial charge in [0.1, 0.15) is 5.82 Å². The number of rotatable bonds is 3. The van der Waals surface area contributed by atoms with Crippen LogP contribution in [-0.4, -0.2) is 48.3 Å². The van der Waals surface area contributed by atoms with Gasteiger partial charge < -0.3 is 4.90 Å². The van der Waals surface area contributed by atoms with Gasteiger partial charge in [0.25, 0.3) is 5.91 Å². The highest BCUT2D eigenvalue weighted by molar-refractivity contribution is 5.93. The summed E-state index contributed by atoms with van der Waals surface area (Å²) in [5, 5.41) is 13.0. The molecule has 7 heteroatoms. The summed E-state index contributed by atoms with van der Waals surface area (Å²) in [6.45, 7) is 1.42. The average molecular weight is 372 g/mol. The Labute approximate surface area is 162 Å². The molecule has 0 spiro atoms. The zero-order valence-corrected chi connectivity index (χ0v) is 15.3. The Bertz CT molecular complexity index is 1110. The van der Waals surface area contributed by atoms with Gasteiger partial charge in [-0.15, -0.1) is 10.2 Å². The number of likely N-dealkylation sites (tertiary alicyclic amines) is 1. The first kappa shape index (κ1) is 16.7. The molecule has 1 saturated heterocycles. The zero-order valence-electron chi connectivity index (χ0n) is 15.3. The highest BCUT2D eigenvalue weighted by Gasteiger charge is 2.27. The van der Waals surface area contributed by atoms with Crippen LogP contribution in [0.3, 0.4) is 0 Å². The Hall–Kier alpha value is -3.48. The van der Waals surface area contributed by atoms with Gasteiger partial charge in [0.15, 0.2) is 5.65 Å². The predicted octanol–water partition coefficient (Wildman–Crippen LogP) is 2.93. The molecule has 28 heavy (non-hydrogen) atoms. The zero-order chi connectivity index (χ0) is 18.9. The Morgan fingerprint density at radius 1 is 0.964 bits per heavy atom. The molecule has 0 atom stereocenters. The average Bonchev–Trinajstić information content (AvgIpc) is 3.42. The van der Waals surface area contributed by atoms with Gasteiger partial charge in [0.05, 0.1) is 17.4 Å². The van der Waals surface area contributed by atoms with Gasteiger partial charge >= 0.3 is 0 Å². The molecule has 4 heterocycles. The Kier molecular flexibility index (Phi) is 4.12. The third-order valence-electron chi connectivity index (χ3n) is 5.34. The number of fused-ring (bicyclic) bond motifs is 1. The van der Waals surface area contributed by atoms with Gasteiger partial charge in [-0.3, -0.25) is 9.20 Å². The fourth-order valence-corrected chi connectivity index (χ4v) is 3.82. The second-order valence-electron chi connectivity index (χ2n) is 7.06. The summed E-state index contributed by atoms with van der Waals surface area (Å²) in [5.74, 6) is 1.33. The summed E-state index contributed by atoms with van der Waals surface area (Å²) in [5.41, 5.74) is 2.43. The maximum atomic E-state index is 12.9. The molecule has 0 aliphatic carbocycles. The number of hydrogen-bond donors (Lipinski definition) is 0. The molecule has 1 amide bonds. The standard InChI is InChI=1S/C21H20N6O/c28-21(17-14-22-27(15-17)18-6-2-1-3-7-18)25-12-9-16(10-13-25)20-24-23-19-8-4-5-11-26(19)20/h1-8,11,14-16H,9-10,12-13H2. The highest BCUT2D eigenvalue weighted by Crippen LogP contribution is 2.27. The molecule has 7 nitrogen and oxygen atoms in total. The lowest BCUT2D eigenvalue weighted by Gasteiger charge is -2.31. The maximum absolute atomic E-state index is 12.9. The first-order chi connectivity index (χ1) is 13.8. The van der Waals surface area contributed by atoms with Crippen LogP contribution < -0.4 is 0 Å². The molecule has 140 valence electrons. The number of carbonyl (C=O) groups is 1. The number of hydrogen-bond acceptors (Lipinski definition) is 4. The minimum Gasteiger partial charge on any atom is -0.339 e. The van der Waals surface area contributed by atoms with E-state index in [1.165, 1.54) is 0 Å². The molecule has 3 aromatic heterocycles. The van der Waals surface area contributed by atoms with Crippen LogP contribution in [0.25, 0.3) is 11.3 Å². The van der Waals surface area contributed by atoms with Crippen LogP contribution in [0, 0.1) is 0 Å². The second-order valence-corrected chi connectivity index (χ2v) is 7.06. The molecule has 1 aliphatic heterocycles. The molecule has 0 unspecified atom stereocenters. The van der Waals surface area contributed by atoms with Crippen molar-refractivity contribution in [1.82, 2.24) is 29.3 Å². The molecular weight excluding hydrogens is 352 g/mol. The number of pyridine rings is 1. The minimum absolute atomic E-state index is 0.0340. The van der Waals surface area contributed by atoms with E-state index in [9.17, 15) is 4.79 Å². The molecule has 0 saturated carbocycles. The van der Waals surface area contributed by atoms with Crippen molar-refractivity contribution < 1.29 is 4.79 Å². The molecule has 4 aromatic rings. The molecule has 5 rings (SSSR count). The number of amides is 1. The lowest BCUT2D eigenvalue weighted by molar-refractivity contribution is 0.0711. The van der Waals surface area contributed by atoms with Gasteiger partial charge in [-0.25, -0.2) is 4.68 Å². The second kappa shape index (κ2) is 6.92. The van der Waals surface area contributed by atoms with Crippen LogP contribution in [0.1, 0.15) is 34.9 Å². The summed E-state index contributed by atoms with van der Waals surface area (Å²) >= 11 is 0. The van der Waals surface area contributed by atoms with E-state index in [-0.39, 0.29) is 5.91 Å². The predicted molar refractivity (Wildman–Crippen MR) is 104 cm³/mol. The van der Waals surface area contributed by atoms with Crippen molar-refractivity contribution in [2.75, 3.05) is 13.1 Å². The van der Waals surface area contributed by atoms with Crippen molar-refractivity contribution in [3.8, 4) is 5.69 Å². The number of benzene rings is 1. The van der Waals surface area contributed by atoms with Crippen molar-refractivity contribution in [2.24, 2.45) is 0 Å². The Morgan fingerprint density at radius 2 is 1.75 bits per heavy atom.